The smallest absolute Gasteiger partial charge is 0.200 e. The molecule has 100 valence electrons. The lowest BCUT2D eigenvalue weighted by Gasteiger charge is -2.11. The first kappa shape index (κ1) is 13.8. The van der Waals surface area contributed by atoms with E-state index in [0.717, 1.165) is 9.26 Å². The molecule has 0 atom stereocenters. The maximum atomic E-state index is 9.70. The molecule has 2 aromatic rings. The summed E-state index contributed by atoms with van der Waals surface area (Å²) in [5, 5.41) is 31.5. The molecule has 2 aromatic carbocycles. The number of aromatic hydroxyl groups is 3. The molecule has 0 amide bonds. The van der Waals surface area contributed by atoms with E-state index in [9.17, 15) is 15.3 Å². The normalized spacial score (nSPS) is 10.4. The van der Waals surface area contributed by atoms with Crippen molar-refractivity contribution in [1.82, 2.24) is 0 Å². The molecule has 0 aromatic heterocycles. The predicted molar refractivity (Wildman–Crippen MR) is 82.7 cm³/mol. The molecule has 0 fully saturated rings. The number of hydrogen-bond donors (Lipinski definition) is 4. The van der Waals surface area contributed by atoms with Crippen LogP contribution in [0.25, 0.3) is 0 Å². The molecular formula is C14H14INO3. The molecule has 0 radical (unpaired) electrons. The molecule has 0 spiro atoms. The van der Waals surface area contributed by atoms with E-state index in [1.165, 1.54) is 11.6 Å². The Kier molecular flexibility index (Phi) is 4.04. The maximum absolute atomic E-state index is 9.70. The van der Waals surface area contributed by atoms with Crippen LogP contribution in [-0.2, 0) is 6.54 Å². The molecule has 5 heteroatoms. The fourth-order valence-electron chi connectivity index (χ4n) is 1.65. The summed E-state index contributed by atoms with van der Waals surface area (Å²) in [4.78, 5) is 0. The van der Waals surface area contributed by atoms with Gasteiger partial charge >= 0.3 is 0 Å². The molecule has 0 aliphatic carbocycles. The van der Waals surface area contributed by atoms with E-state index in [4.69, 9.17) is 0 Å². The topological polar surface area (TPSA) is 72.7 Å². The predicted octanol–water partition coefficient (Wildman–Crippen LogP) is 3.33. The number of rotatable bonds is 3. The monoisotopic (exact) mass is 371 g/mol. The highest BCUT2D eigenvalue weighted by molar-refractivity contribution is 14.1. The minimum atomic E-state index is -0.488. The molecule has 0 heterocycles. The average Bonchev–Trinajstić information content (AvgIpc) is 2.39. The van der Waals surface area contributed by atoms with Gasteiger partial charge in [0.05, 0.1) is 0 Å². The SMILES string of the molecule is Cc1ccc(NCc2ccc(O)c(O)c2O)cc1I. The molecule has 0 saturated heterocycles. The number of phenolic OH excluding ortho intramolecular Hbond substituents is 3. The average molecular weight is 371 g/mol. The lowest BCUT2D eigenvalue weighted by atomic mass is 10.1. The Morgan fingerprint density at radius 1 is 1.05 bits per heavy atom. The van der Waals surface area contributed by atoms with Crippen LogP contribution >= 0.6 is 22.6 Å². The fraction of sp³-hybridized carbons (Fsp3) is 0.143. The summed E-state index contributed by atoms with van der Waals surface area (Å²) >= 11 is 2.26. The van der Waals surface area contributed by atoms with Gasteiger partial charge in [0.2, 0.25) is 5.75 Å². The Morgan fingerprint density at radius 3 is 2.47 bits per heavy atom. The highest BCUT2D eigenvalue weighted by Gasteiger charge is 2.10. The summed E-state index contributed by atoms with van der Waals surface area (Å²) in [6.45, 7) is 2.40. The number of halogens is 1. The van der Waals surface area contributed by atoms with Crippen LogP contribution < -0.4 is 5.32 Å². The van der Waals surface area contributed by atoms with Crippen LogP contribution in [0.5, 0.6) is 17.2 Å². The molecule has 0 aliphatic heterocycles. The third-order valence-electron chi connectivity index (χ3n) is 2.87. The second kappa shape index (κ2) is 5.56. The zero-order valence-electron chi connectivity index (χ0n) is 10.3. The minimum Gasteiger partial charge on any atom is -0.504 e. The molecular weight excluding hydrogens is 357 g/mol. The van der Waals surface area contributed by atoms with Crippen molar-refractivity contribution in [3.8, 4) is 17.2 Å². The van der Waals surface area contributed by atoms with Crippen LogP contribution in [0.4, 0.5) is 5.69 Å². The van der Waals surface area contributed by atoms with Crippen LogP contribution in [0, 0.1) is 10.5 Å². The first-order valence-corrected chi connectivity index (χ1v) is 6.79. The highest BCUT2D eigenvalue weighted by Crippen LogP contribution is 2.37. The molecule has 0 saturated carbocycles. The van der Waals surface area contributed by atoms with Crippen molar-refractivity contribution in [3.63, 3.8) is 0 Å². The zero-order chi connectivity index (χ0) is 14.0. The van der Waals surface area contributed by atoms with Gasteiger partial charge in [-0.25, -0.2) is 0 Å². The van der Waals surface area contributed by atoms with E-state index in [-0.39, 0.29) is 11.5 Å². The van der Waals surface area contributed by atoms with Crippen LogP contribution in [-0.4, -0.2) is 15.3 Å². The molecule has 19 heavy (non-hydrogen) atoms. The highest BCUT2D eigenvalue weighted by atomic mass is 127. The largest absolute Gasteiger partial charge is 0.504 e. The molecule has 2 rings (SSSR count). The molecule has 4 nitrogen and oxygen atoms in total. The van der Waals surface area contributed by atoms with Crippen molar-refractivity contribution in [1.29, 1.82) is 0 Å². The van der Waals surface area contributed by atoms with Crippen LogP contribution in [0.1, 0.15) is 11.1 Å². The van der Waals surface area contributed by atoms with Crippen molar-refractivity contribution < 1.29 is 15.3 Å². The number of benzene rings is 2. The van der Waals surface area contributed by atoms with Crippen molar-refractivity contribution in [2.24, 2.45) is 0 Å². The molecule has 4 N–H and O–H groups in total. The summed E-state index contributed by atoms with van der Waals surface area (Å²) < 4.78 is 1.15. The number of phenols is 3. The van der Waals surface area contributed by atoms with Gasteiger partial charge in [0, 0.05) is 21.4 Å². The zero-order valence-corrected chi connectivity index (χ0v) is 12.5. The Bertz CT molecular complexity index is 614. The van der Waals surface area contributed by atoms with Crippen molar-refractivity contribution in [3.05, 3.63) is 45.0 Å². The van der Waals surface area contributed by atoms with Crippen LogP contribution in [0.3, 0.4) is 0 Å². The second-order valence-electron chi connectivity index (χ2n) is 4.26. The Balaban J connectivity index is 2.14. The summed E-state index contributed by atoms with van der Waals surface area (Å²) in [6.07, 6.45) is 0. The molecule has 0 bridgehead atoms. The number of hydrogen-bond acceptors (Lipinski definition) is 4. The summed E-state index contributed by atoms with van der Waals surface area (Å²) in [6, 6.07) is 8.89. The van der Waals surface area contributed by atoms with Gasteiger partial charge in [0.25, 0.3) is 0 Å². The lowest BCUT2D eigenvalue weighted by Crippen LogP contribution is -2.00. The van der Waals surface area contributed by atoms with Gasteiger partial charge in [0.15, 0.2) is 11.5 Å². The van der Waals surface area contributed by atoms with E-state index < -0.39 is 5.75 Å². The van der Waals surface area contributed by atoms with Gasteiger partial charge in [-0.2, -0.15) is 0 Å². The Labute approximate surface area is 124 Å². The van der Waals surface area contributed by atoms with Gasteiger partial charge in [-0.1, -0.05) is 6.07 Å². The second-order valence-corrected chi connectivity index (χ2v) is 5.42. The van der Waals surface area contributed by atoms with Crippen molar-refractivity contribution in [2.75, 3.05) is 5.32 Å². The van der Waals surface area contributed by atoms with Crippen molar-refractivity contribution >= 4 is 28.3 Å². The van der Waals surface area contributed by atoms with Crippen LogP contribution in [0.15, 0.2) is 30.3 Å². The van der Waals surface area contributed by atoms with E-state index >= 15 is 0 Å². The van der Waals surface area contributed by atoms with Gasteiger partial charge in [-0.3, -0.25) is 0 Å². The van der Waals surface area contributed by atoms with Gasteiger partial charge in [-0.15, -0.1) is 0 Å². The third kappa shape index (κ3) is 3.04. The number of anilines is 1. The third-order valence-corrected chi connectivity index (χ3v) is 4.03. The molecule has 0 aliphatic rings. The summed E-state index contributed by atoms with van der Waals surface area (Å²) in [5.41, 5.74) is 2.66. The standard InChI is InChI=1S/C14H14INO3/c1-8-2-4-10(6-11(8)15)16-7-9-3-5-12(17)14(19)13(9)18/h2-6,16-19H,7H2,1H3. The Hall–Kier alpha value is -1.63. The van der Waals surface area contributed by atoms with Gasteiger partial charge in [0.1, 0.15) is 0 Å². The van der Waals surface area contributed by atoms with E-state index in [1.807, 2.05) is 25.1 Å². The number of aryl methyl sites for hydroxylation is 1. The lowest BCUT2D eigenvalue weighted by molar-refractivity contribution is 0.365. The summed E-state index contributed by atoms with van der Waals surface area (Å²) in [7, 11) is 0. The quantitative estimate of drug-likeness (QED) is 0.494. The summed E-state index contributed by atoms with van der Waals surface area (Å²) in [5.74, 6) is -1.11. The fourth-order valence-corrected chi connectivity index (χ4v) is 2.17. The van der Waals surface area contributed by atoms with Gasteiger partial charge < -0.3 is 20.6 Å². The minimum absolute atomic E-state index is 0.297. The first-order valence-electron chi connectivity index (χ1n) is 5.72. The van der Waals surface area contributed by atoms with E-state index in [1.54, 1.807) is 6.07 Å². The molecule has 0 unspecified atom stereocenters. The first-order chi connectivity index (χ1) is 8.99. The maximum Gasteiger partial charge on any atom is 0.200 e. The van der Waals surface area contributed by atoms with Gasteiger partial charge in [-0.05, 0) is 59.3 Å². The van der Waals surface area contributed by atoms with E-state index in [2.05, 4.69) is 27.9 Å². The Morgan fingerprint density at radius 2 is 1.79 bits per heavy atom. The van der Waals surface area contributed by atoms with Crippen LogP contribution in [0.2, 0.25) is 0 Å². The van der Waals surface area contributed by atoms with E-state index in [0.29, 0.717) is 12.1 Å². The van der Waals surface area contributed by atoms with Crippen molar-refractivity contribution in [2.45, 2.75) is 13.5 Å². The number of nitrogens with one attached hydrogen (secondary N) is 1.